The second-order valence-corrected chi connectivity index (χ2v) is 6.14. The first-order chi connectivity index (χ1) is 11.8. The molecule has 3 N–H and O–H groups in total. The molecule has 0 radical (unpaired) electrons. The van der Waals surface area contributed by atoms with Crippen molar-refractivity contribution >= 4 is 23.1 Å². The number of aliphatic carboxylic acids is 1. The van der Waals surface area contributed by atoms with Gasteiger partial charge in [-0.1, -0.05) is 0 Å². The molecular weight excluding hydrogens is 318 g/mol. The van der Waals surface area contributed by atoms with Gasteiger partial charge in [-0.2, -0.15) is 0 Å². The number of nitrogens with two attached hydrogens (primary N) is 1. The third kappa shape index (κ3) is 4.58. The zero-order valence-electron chi connectivity index (χ0n) is 14.6. The number of carbonyl (C=O) groups excluding carboxylic acids is 1. The zero-order valence-corrected chi connectivity index (χ0v) is 14.6. The maximum atomic E-state index is 12.6. The molecule has 0 aliphatic heterocycles. The molecule has 2 aromatic rings. The van der Waals surface area contributed by atoms with Gasteiger partial charge >= 0.3 is 5.97 Å². The smallest absolute Gasteiger partial charge is 0.322 e. The maximum absolute atomic E-state index is 12.6. The molecule has 0 aliphatic carbocycles. The third-order valence-corrected chi connectivity index (χ3v) is 4.00. The minimum absolute atomic E-state index is 0.0539. The number of benzene rings is 2. The molecular formula is C19H23N3O3. The van der Waals surface area contributed by atoms with Gasteiger partial charge in [-0.3, -0.25) is 9.59 Å². The number of nitrogens with zero attached hydrogens (tertiary/aromatic N) is 2. The lowest BCUT2D eigenvalue weighted by Crippen LogP contribution is -2.41. The monoisotopic (exact) mass is 341 g/mol. The Morgan fingerprint density at radius 3 is 1.76 bits per heavy atom. The predicted octanol–water partition coefficient (Wildman–Crippen LogP) is 1.83. The number of anilines is 2. The van der Waals surface area contributed by atoms with Gasteiger partial charge in [-0.25, -0.2) is 0 Å². The minimum Gasteiger partial charge on any atom is -0.480 e. The van der Waals surface area contributed by atoms with Gasteiger partial charge in [-0.15, -0.1) is 0 Å². The van der Waals surface area contributed by atoms with Crippen molar-refractivity contribution in [2.75, 3.05) is 37.5 Å². The molecule has 0 amide bonds. The fraction of sp³-hybridized carbons (Fsp3) is 0.263. The third-order valence-electron chi connectivity index (χ3n) is 4.00. The topological polar surface area (TPSA) is 86.9 Å². The first-order valence-corrected chi connectivity index (χ1v) is 7.91. The van der Waals surface area contributed by atoms with Crippen LogP contribution >= 0.6 is 0 Å². The molecule has 0 saturated heterocycles. The highest BCUT2D eigenvalue weighted by Gasteiger charge is 2.15. The second-order valence-electron chi connectivity index (χ2n) is 6.14. The van der Waals surface area contributed by atoms with E-state index in [4.69, 9.17) is 10.8 Å². The molecule has 0 heterocycles. The summed E-state index contributed by atoms with van der Waals surface area (Å²) >= 11 is 0. The van der Waals surface area contributed by atoms with Gasteiger partial charge in [0, 0.05) is 50.2 Å². The molecule has 2 rings (SSSR count). The van der Waals surface area contributed by atoms with E-state index in [1.807, 2.05) is 43.3 Å². The molecule has 0 aliphatic rings. The van der Waals surface area contributed by atoms with Gasteiger partial charge in [0.2, 0.25) is 0 Å². The number of ketones is 1. The highest BCUT2D eigenvalue weighted by molar-refractivity contribution is 6.09. The lowest BCUT2D eigenvalue weighted by molar-refractivity contribution is -0.138. The largest absolute Gasteiger partial charge is 0.480 e. The van der Waals surface area contributed by atoms with Crippen molar-refractivity contribution in [3.05, 3.63) is 59.7 Å². The summed E-state index contributed by atoms with van der Waals surface area (Å²) in [4.78, 5) is 27.1. The van der Waals surface area contributed by atoms with Gasteiger partial charge in [0.1, 0.15) is 6.04 Å². The van der Waals surface area contributed by atoms with Crippen LogP contribution in [0.4, 0.5) is 11.4 Å². The summed E-state index contributed by atoms with van der Waals surface area (Å²) in [6.07, 6.45) is 0. The van der Waals surface area contributed by atoms with Crippen LogP contribution < -0.4 is 15.5 Å². The maximum Gasteiger partial charge on any atom is 0.322 e. The number of carboxylic acids is 1. The van der Waals surface area contributed by atoms with Gasteiger partial charge in [0.05, 0.1) is 0 Å². The summed E-state index contributed by atoms with van der Waals surface area (Å²) in [7, 11) is 5.66. The van der Waals surface area contributed by atoms with Crippen LogP contribution in [0.2, 0.25) is 0 Å². The quantitative estimate of drug-likeness (QED) is 0.747. The molecule has 2 aromatic carbocycles. The summed E-state index contributed by atoms with van der Waals surface area (Å²) < 4.78 is 0. The van der Waals surface area contributed by atoms with Crippen LogP contribution in [-0.2, 0) is 4.79 Å². The van der Waals surface area contributed by atoms with E-state index in [2.05, 4.69) is 0 Å². The Morgan fingerprint density at radius 2 is 1.36 bits per heavy atom. The molecule has 25 heavy (non-hydrogen) atoms. The lowest BCUT2D eigenvalue weighted by atomic mass is 10.0. The minimum atomic E-state index is -1.04. The molecule has 0 bridgehead atoms. The second kappa shape index (κ2) is 7.81. The van der Waals surface area contributed by atoms with E-state index >= 15 is 0 Å². The van der Waals surface area contributed by atoms with Gasteiger partial charge < -0.3 is 20.6 Å². The number of carbonyl (C=O) groups is 2. The van der Waals surface area contributed by atoms with Gasteiger partial charge in [0.25, 0.3) is 0 Å². The van der Waals surface area contributed by atoms with Crippen LogP contribution in [0.1, 0.15) is 15.9 Å². The lowest BCUT2D eigenvalue weighted by Gasteiger charge is -2.21. The summed E-state index contributed by atoms with van der Waals surface area (Å²) in [5.74, 6) is -1.10. The van der Waals surface area contributed by atoms with E-state index in [0.717, 1.165) is 11.4 Å². The Labute approximate surface area is 147 Å². The molecule has 0 aromatic heterocycles. The molecule has 6 heteroatoms. The van der Waals surface area contributed by atoms with Crippen LogP contribution in [0.5, 0.6) is 0 Å². The van der Waals surface area contributed by atoms with Crippen molar-refractivity contribution in [1.29, 1.82) is 0 Å². The van der Waals surface area contributed by atoms with E-state index in [0.29, 0.717) is 11.1 Å². The van der Waals surface area contributed by atoms with Crippen molar-refractivity contribution in [3.63, 3.8) is 0 Å². The number of hydrogen-bond acceptors (Lipinski definition) is 5. The molecule has 6 nitrogen and oxygen atoms in total. The highest BCUT2D eigenvalue weighted by atomic mass is 16.4. The van der Waals surface area contributed by atoms with E-state index in [9.17, 15) is 9.59 Å². The first-order valence-electron chi connectivity index (χ1n) is 7.91. The van der Waals surface area contributed by atoms with Crippen LogP contribution in [0, 0.1) is 0 Å². The normalized spacial score (nSPS) is 11.7. The van der Waals surface area contributed by atoms with Gasteiger partial charge in [-0.05, 0) is 48.5 Å². The van der Waals surface area contributed by atoms with Crippen molar-refractivity contribution in [3.8, 4) is 0 Å². The molecule has 0 spiro atoms. The van der Waals surface area contributed by atoms with E-state index in [-0.39, 0.29) is 12.3 Å². The van der Waals surface area contributed by atoms with Crippen molar-refractivity contribution < 1.29 is 14.7 Å². The van der Waals surface area contributed by atoms with E-state index in [1.54, 1.807) is 36.2 Å². The first kappa shape index (κ1) is 18.5. The molecule has 0 saturated carbocycles. The van der Waals surface area contributed by atoms with Crippen molar-refractivity contribution in [2.24, 2.45) is 5.73 Å². The summed E-state index contributed by atoms with van der Waals surface area (Å²) in [5, 5.41) is 8.88. The molecule has 0 fully saturated rings. The summed E-state index contributed by atoms with van der Waals surface area (Å²) in [6, 6.07) is 13.5. The fourth-order valence-corrected chi connectivity index (χ4v) is 2.42. The number of likely N-dealkylation sites (N-methyl/N-ethyl adjacent to an activating group) is 1. The molecule has 0 unspecified atom stereocenters. The number of rotatable bonds is 7. The SMILES string of the molecule is CN(C)c1ccc(C(=O)c2ccc(N(C)C[C@H](N)C(=O)O)cc2)cc1. The standard InChI is InChI=1S/C19H23N3O3/c1-21(2)15-8-4-13(5-9-15)18(23)14-6-10-16(11-7-14)22(3)12-17(20)19(24)25/h4-11,17H,12,20H2,1-3H3,(H,24,25)/t17-/m0/s1. The summed E-state index contributed by atoms with van der Waals surface area (Å²) in [6.45, 7) is 0.189. The van der Waals surface area contributed by atoms with Crippen LogP contribution in [-0.4, -0.2) is 50.6 Å². The van der Waals surface area contributed by atoms with Crippen LogP contribution in [0.3, 0.4) is 0 Å². The van der Waals surface area contributed by atoms with E-state index < -0.39 is 12.0 Å². The number of carboxylic acid groups (broad SMARTS) is 1. The van der Waals surface area contributed by atoms with Crippen LogP contribution in [0.25, 0.3) is 0 Å². The van der Waals surface area contributed by atoms with E-state index in [1.165, 1.54) is 0 Å². The predicted molar refractivity (Wildman–Crippen MR) is 99.5 cm³/mol. The van der Waals surface area contributed by atoms with Crippen molar-refractivity contribution in [1.82, 2.24) is 0 Å². The average Bonchev–Trinajstić information content (AvgIpc) is 2.61. The summed E-state index contributed by atoms with van der Waals surface area (Å²) in [5.41, 5.74) is 8.58. The Bertz CT molecular complexity index is 740. The Hall–Kier alpha value is -2.86. The Balaban J connectivity index is 2.10. The number of hydrogen-bond donors (Lipinski definition) is 2. The fourth-order valence-electron chi connectivity index (χ4n) is 2.42. The molecule has 132 valence electrons. The zero-order chi connectivity index (χ0) is 18.6. The van der Waals surface area contributed by atoms with Crippen molar-refractivity contribution in [2.45, 2.75) is 6.04 Å². The highest BCUT2D eigenvalue weighted by Crippen LogP contribution is 2.18. The van der Waals surface area contributed by atoms with Gasteiger partial charge in [0.15, 0.2) is 5.78 Å². The molecule has 1 atom stereocenters. The Kier molecular flexibility index (Phi) is 5.77. The average molecular weight is 341 g/mol. The Morgan fingerprint density at radius 1 is 0.920 bits per heavy atom. The van der Waals surface area contributed by atoms with Crippen LogP contribution in [0.15, 0.2) is 48.5 Å².